The summed E-state index contributed by atoms with van der Waals surface area (Å²) >= 11 is 2.21. The van der Waals surface area contributed by atoms with Gasteiger partial charge in [-0.15, -0.1) is 0 Å². The maximum atomic E-state index is 11.5. The van der Waals surface area contributed by atoms with Crippen LogP contribution in [-0.4, -0.2) is 71.9 Å². The summed E-state index contributed by atoms with van der Waals surface area (Å²) in [6.45, 7) is 6.73. The van der Waals surface area contributed by atoms with Gasteiger partial charge in [-0.3, -0.25) is 9.79 Å². The van der Waals surface area contributed by atoms with E-state index in [-0.39, 0.29) is 5.91 Å². The van der Waals surface area contributed by atoms with Gasteiger partial charge in [0.25, 0.3) is 0 Å². The van der Waals surface area contributed by atoms with Crippen molar-refractivity contribution >= 4 is 23.6 Å². The molecular formula is C19H34N4OS. The molecule has 0 unspecified atom stereocenters. The van der Waals surface area contributed by atoms with Crippen molar-refractivity contribution in [1.82, 2.24) is 15.1 Å². The predicted octanol–water partition coefficient (Wildman–Crippen LogP) is 2.57. The standard InChI is InChI=1S/C19H34N4OS/c1-16(24)22-10-6-17(7-11-22)14-21-18(20-2)23-12-13-25-19(15-23)8-4-3-5-9-19/h17H,3-15H2,1-2H3,(H,20,21). The van der Waals surface area contributed by atoms with Crippen LogP contribution in [0.25, 0.3) is 0 Å². The smallest absolute Gasteiger partial charge is 0.219 e. The molecule has 1 spiro atoms. The number of hydrogen-bond acceptors (Lipinski definition) is 3. The van der Waals surface area contributed by atoms with Crippen molar-refractivity contribution in [2.24, 2.45) is 10.9 Å². The first kappa shape index (κ1) is 18.9. The van der Waals surface area contributed by atoms with Crippen LogP contribution in [0.4, 0.5) is 0 Å². The average molecular weight is 367 g/mol. The first-order chi connectivity index (χ1) is 12.1. The van der Waals surface area contributed by atoms with E-state index in [9.17, 15) is 4.79 Å². The SMILES string of the molecule is CN=C(NCC1CCN(C(C)=O)CC1)N1CCSC2(CCCCC2)C1. The van der Waals surface area contributed by atoms with Gasteiger partial charge in [-0.05, 0) is 31.6 Å². The summed E-state index contributed by atoms with van der Waals surface area (Å²) in [6.07, 6.45) is 9.13. The number of guanidine groups is 1. The maximum absolute atomic E-state index is 11.5. The van der Waals surface area contributed by atoms with Crippen LogP contribution in [0.1, 0.15) is 51.9 Å². The Hall–Kier alpha value is -0.910. The third-order valence-corrected chi connectivity index (χ3v) is 7.67. The Bertz CT molecular complexity index is 476. The third-order valence-electron chi connectivity index (χ3n) is 6.13. The zero-order chi connectivity index (χ0) is 17.7. The molecule has 1 amide bonds. The van der Waals surface area contributed by atoms with Crippen molar-refractivity contribution in [3.05, 3.63) is 0 Å². The van der Waals surface area contributed by atoms with Crippen LogP contribution in [0.2, 0.25) is 0 Å². The Kier molecular flexibility index (Phi) is 6.53. The van der Waals surface area contributed by atoms with Crippen LogP contribution >= 0.6 is 11.8 Å². The van der Waals surface area contributed by atoms with E-state index in [1.165, 1.54) is 37.9 Å². The Morgan fingerprint density at radius 1 is 1.16 bits per heavy atom. The van der Waals surface area contributed by atoms with Gasteiger partial charge in [0.1, 0.15) is 0 Å². The number of nitrogens with one attached hydrogen (secondary N) is 1. The number of hydrogen-bond donors (Lipinski definition) is 1. The van der Waals surface area contributed by atoms with Gasteiger partial charge >= 0.3 is 0 Å². The molecule has 1 aliphatic carbocycles. The van der Waals surface area contributed by atoms with Crippen LogP contribution < -0.4 is 5.32 Å². The molecule has 0 atom stereocenters. The number of carbonyl (C=O) groups excluding carboxylic acids is 1. The molecule has 25 heavy (non-hydrogen) atoms. The second-order valence-electron chi connectivity index (χ2n) is 7.89. The van der Waals surface area contributed by atoms with Crippen LogP contribution in [0, 0.1) is 5.92 Å². The fourth-order valence-electron chi connectivity index (χ4n) is 4.54. The second-order valence-corrected chi connectivity index (χ2v) is 9.45. The molecule has 0 aromatic heterocycles. The molecule has 0 bridgehead atoms. The minimum Gasteiger partial charge on any atom is -0.356 e. The number of piperidine rings is 1. The molecule has 142 valence electrons. The number of aliphatic imine (C=N–C) groups is 1. The number of rotatable bonds is 2. The Morgan fingerprint density at radius 2 is 1.88 bits per heavy atom. The van der Waals surface area contributed by atoms with E-state index in [0.717, 1.165) is 51.5 Å². The van der Waals surface area contributed by atoms with Gasteiger partial charge in [-0.25, -0.2) is 0 Å². The largest absolute Gasteiger partial charge is 0.356 e. The molecule has 2 heterocycles. The molecule has 1 saturated carbocycles. The number of thioether (sulfide) groups is 1. The molecule has 3 aliphatic rings. The minimum absolute atomic E-state index is 0.214. The molecule has 2 saturated heterocycles. The number of amides is 1. The van der Waals surface area contributed by atoms with Gasteiger partial charge < -0.3 is 15.1 Å². The third kappa shape index (κ3) is 4.83. The molecule has 0 aromatic rings. The lowest BCUT2D eigenvalue weighted by Crippen LogP contribution is -2.54. The monoisotopic (exact) mass is 366 g/mol. The highest BCUT2D eigenvalue weighted by Crippen LogP contribution is 2.42. The number of nitrogens with zero attached hydrogens (tertiary/aromatic N) is 3. The summed E-state index contributed by atoms with van der Waals surface area (Å²) in [5, 5.41) is 3.64. The summed E-state index contributed by atoms with van der Waals surface area (Å²) in [4.78, 5) is 20.5. The molecule has 6 heteroatoms. The zero-order valence-electron chi connectivity index (χ0n) is 15.9. The fourth-order valence-corrected chi connectivity index (χ4v) is 6.11. The number of likely N-dealkylation sites (tertiary alicyclic amines) is 1. The lowest BCUT2D eigenvalue weighted by Gasteiger charge is -2.45. The minimum atomic E-state index is 0.214. The summed E-state index contributed by atoms with van der Waals surface area (Å²) in [7, 11) is 1.91. The summed E-state index contributed by atoms with van der Waals surface area (Å²) in [5.74, 6) is 3.16. The Labute approximate surface area is 157 Å². The van der Waals surface area contributed by atoms with E-state index in [1.807, 2.05) is 11.9 Å². The van der Waals surface area contributed by atoms with E-state index in [0.29, 0.717) is 10.7 Å². The maximum Gasteiger partial charge on any atom is 0.219 e. The lowest BCUT2D eigenvalue weighted by molar-refractivity contribution is -0.130. The van der Waals surface area contributed by atoms with Crippen molar-refractivity contribution in [2.45, 2.75) is 56.6 Å². The quantitative estimate of drug-likeness (QED) is 0.603. The van der Waals surface area contributed by atoms with Gasteiger partial charge in [0.15, 0.2) is 5.96 Å². The first-order valence-electron chi connectivity index (χ1n) is 9.97. The van der Waals surface area contributed by atoms with Gasteiger partial charge in [0.05, 0.1) is 0 Å². The highest BCUT2D eigenvalue weighted by Gasteiger charge is 2.38. The fraction of sp³-hybridized carbons (Fsp3) is 0.895. The highest BCUT2D eigenvalue weighted by atomic mass is 32.2. The highest BCUT2D eigenvalue weighted by molar-refractivity contribution is 8.00. The molecule has 3 fully saturated rings. The summed E-state index contributed by atoms with van der Waals surface area (Å²) in [6, 6.07) is 0. The van der Waals surface area contributed by atoms with Crippen molar-refractivity contribution < 1.29 is 4.79 Å². The van der Waals surface area contributed by atoms with Gasteiger partial charge in [0, 0.05) is 57.2 Å². The number of carbonyl (C=O) groups is 1. The lowest BCUT2D eigenvalue weighted by atomic mass is 9.87. The van der Waals surface area contributed by atoms with Crippen molar-refractivity contribution in [1.29, 1.82) is 0 Å². The van der Waals surface area contributed by atoms with Gasteiger partial charge in [-0.1, -0.05) is 19.3 Å². The average Bonchev–Trinajstić information content (AvgIpc) is 2.63. The van der Waals surface area contributed by atoms with Crippen molar-refractivity contribution in [3.63, 3.8) is 0 Å². The van der Waals surface area contributed by atoms with Crippen LogP contribution in [0.15, 0.2) is 4.99 Å². The topological polar surface area (TPSA) is 47.9 Å². The van der Waals surface area contributed by atoms with Gasteiger partial charge in [-0.2, -0.15) is 11.8 Å². The normalized spacial score (nSPS) is 25.3. The van der Waals surface area contributed by atoms with Crippen LogP contribution in [0.5, 0.6) is 0 Å². The summed E-state index contributed by atoms with van der Waals surface area (Å²) < 4.78 is 0.473. The predicted molar refractivity (Wildman–Crippen MR) is 106 cm³/mol. The molecule has 5 nitrogen and oxygen atoms in total. The van der Waals surface area contributed by atoms with E-state index >= 15 is 0 Å². The first-order valence-corrected chi connectivity index (χ1v) is 11.0. The van der Waals surface area contributed by atoms with Gasteiger partial charge in [0.2, 0.25) is 5.91 Å². The Balaban J connectivity index is 1.48. The molecule has 0 aromatic carbocycles. The van der Waals surface area contributed by atoms with Crippen molar-refractivity contribution in [2.75, 3.05) is 45.5 Å². The van der Waals surface area contributed by atoms with Crippen molar-refractivity contribution in [3.8, 4) is 0 Å². The molecular weight excluding hydrogens is 332 g/mol. The summed E-state index contributed by atoms with van der Waals surface area (Å²) in [5.41, 5.74) is 0. The molecule has 3 rings (SSSR count). The second kappa shape index (κ2) is 8.65. The zero-order valence-corrected chi connectivity index (χ0v) is 16.7. The Morgan fingerprint density at radius 3 is 2.52 bits per heavy atom. The molecule has 0 radical (unpaired) electrons. The molecule has 1 N–H and O–H groups in total. The van der Waals surface area contributed by atoms with E-state index in [2.05, 4.69) is 27.0 Å². The van der Waals surface area contributed by atoms with E-state index < -0.39 is 0 Å². The van der Waals surface area contributed by atoms with Crippen LogP contribution in [-0.2, 0) is 4.79 Å². The molecule has 2 aliphatic heterocycles. The van der Waals surface area contributed by atoms with E-state index in [1.54, 1.807) is 6.92 Å². The van der Waals surface area contributed by atoms with E-state index in [4.69, 9.17) is 0 Å². The van der Waals surface area contributed by atoms with Crippen LogP contribution in [0.3, 0.4) is 0 Å².